The first-order valence-corrected chi connectivity index (χ1v) is 9.62. The van der Waals surface area contributed by atoms with Crippen molar-refractivity contribution in [2.24, 2.45) is 0 Å². The highest BCUT2D eigenvalue weighted by molar-refractivity contribution is 7.19. The lowest BCUT2D eigenvalue weighted by atomic mass is 10.1. The van der Waals surface area contributed by atoms with Gasteiger partial charge in [0.2, 0.25) is 0 Å². The Hall–Kier alpha value is -2.62. The van der Waals surface area contributed by atoms with Crippen LogP contribution in [-0.2, 0) is 11.3 Å². The maximum absolute atomic E-state index is 12.8. The van der Waals surface area contributed by atoms with Crippen LogP contribution in [0, 0.1) is 0 Å². The molecule has 0 unspecified atom stereocenters. The second kappa shape index (κ2) is 7.42. The van der Waals surface area contributed by atoms with Gasteiger partial charge in [-0.15, -0.1) is 11.3 Å². The highest BCUT2D eigenvalue weighted by atomic mass is 35.5. The summed E-state index contributed by atoms with van der Waals surface area (Å²) in [7, 11) is 1.60. The Balaban J connectivity index is 1.60. The number of hydrogen-bond acceptors (Lipinski definition) is 6. The molecule has 1 N–H and O–H groups in total. The van der Waals surface area contributed by atoms with E-state index in [-0.39, 0.29) is 29.9 Å². The van der Waals surface area contributed by atoms with Crippen LogP contribution in [0.4, 0.5) is 0 Å². The van der Waals surface area contributed by atoms with Crippen LogP contribution in [0.1, 0.15) is 26.7 Å². The van der Waals surface area contributed by atoms with Gasteiger partial charge in [-0.3, -0.25) is 4.79 Å². The summed E-state index contributed by atoms with van der Waals surface area (Å²) in [6.45, 7) is 1.06. The Morgan fingerprint density at radius 2 is 2.07 bits per heavy atom. The molecule has 10 heteroatoms. The van der Waals surface area contributed by atoms with E-state index in [4.69, 9.17) is 20.9 Å². The van der Waals surface area contributed by atoms with Crippen molar-refractivity contribution in [2.45, 2.75) is 12.6 Å². The summed E-state index contributed by atoms with van der Waals surface area (Å²) in [5.74, 6) is -0.824. The fraction of sp³-hybridized carbons (Fsp3) is 0.278. The molecule has 0 spiro atoms. The van der Waals surface area contributed by atoms with E-state index in [0.29, 0.717) is 28.9 Å². The molecule has 1 saturated heterocycles. The molecule has 1 amide bonds. The number of ether oxygens (including phenoxy) is 1. The summed E-state index contributed by atoms with van der Waals surface area (Å²) >= 11 is 7.30. The van der Waals surface area contributed by atoms with Gasteiger partial charge in [0.05, 0.1) is 21.9 Å². The lowest BCUT2D eigenvalue weighted by Crippen LogP contribution is -2.54. The van der Waals surface area contributed by atoms with Gasteiger partial charge in [0.15, 0.2) is 5.76 Å². The second-order valence-corrected chi connectivity index (χ2v) is 8.06. The van der Waals surface area contributed by atoms with Crippen molar-refractivity contribution in [1.29, 1.82) is 0 Å². The molecule has 0 aliphatic carbocycles. The number of carbonyl (C=O) groups is 2. The van der Waals surface area contributed by atoms with Gasteiger partial charge in [-0.1, -0.05) is 16.8 Å². The van der Waals surface area contributed by atoms with Crippen LogP contribution < -0.4 is 0 Å². The predicted molar refractivity (Wildman–Crippen MR) is 102 cm³/mol. The van der Waals surface area contributed by atoms with Gasteiger partial charge in [-0.05, 0) is 24.3 Å². The van der Waals surface area contributed by atoms with Gasteiger partial charge in [0.25, 0.3) is 5.91 Å². The van der Waals surface area contributed by atoms with Crippen LogP contribution in [-0.4, -0.2) is 57.9 Å². The maximum atomic E-state index is 12.8. The standard InChI is InChI=1S/C18H16ClN3O5S/c1-26-11-8-21(9-11)17(23)12-2-3-13(18(24)25)22(12)7-10-6-14(27-20-10)15-4-5-16(19)28-15/h2-6,11H,7-9H2,1H3,(H,24,25). The van der Waals surface area contributed by atoms with Gasteiger partial charge >= 0.3 is 5.97 Å². The van der Waals surface area contributed by atoms with Crippen molar-refractivity contribution >= 4 is 34.8 Å². The molecule has 1 aliphatic heterocycles. The van der Waals surface area contributed by atoms with E-state index in [2.05, 4.69) is 5.16 Å². The number of methoxy groups -OCH3 is 1. The largest absolute Gasteiger partial charge is 0.477 e. The molecule has 4 rings (SSSR count). The van der Waals surface area contributed by atoms with E-state index in [1.54, 1.807) is 24.1 Å². The van der Waals surface area contributed by atoms with Gasteiger partial charge in [-0.2, -0.15) is 0 Å². The fourth-order valence-corrected chi connectivity index (χ4v) is 4.03. The van der Waals surface area contributed by atoms with Crippen molar-refractivity contribution in [1.82, 2.24) is 14.6 Å². The van der Waals surface area contributed by atoms with E-state index in [1.165, 1.54) is 28.0 Å². The molecule has 4 heterocycles. The summed E-state index contributed by atoms with van der Waals surface area (Å²) < 4.78 is 12.6. The number of halogens is 1. The molecule has 8 nitrogen and oxygen atoms in total. The average molecular weight is 422 g/mol. The van der Waals surface area contributed by atoms with E-state index in [0.717, 1.165) is 4.88 Å². The number of likely N-dealkylation sites (tertiary alicyclic amines) is 1. The summed E-state index contributed by atoms with van der Waals surface area (Å²) in [4.78, 5) is 26.8. The third-order valence-electron chi connectivity index (χ3n) is 4.58. The monoisotopic (exact) mass is 421 g/mol. The number of hydrogen-bond donors (Lipinski definition) is 1. The van der Waals surface area contributed by atoms with Gasteiger partial charge < -0.3 is 23.8 Å². The number of nitrogens with zero attached hydrogens (tertiary/aromatic N) is 3. The Kier molecular flexibility index (Phi) is 4.96. The van der Waals surface area contributed by atoms with E-state index in [9.17, 15) is 14.7 Å². The van der Waals surface area contributed by atoms with Crippen molar-refractivity contribution in [2.75, 3.05) is 20.2 Å². The molecule has 28 heavy (non-hydrogen) atoms. The normalized spacial score (nSPS) is 14.3. The first-order chi connectivity index (χ1) is 13.5. The zero-order valence-electron chi connectivity index (χ0n) is 14.8. The van der Waals surface area contributed by atoms with Gasteiger partial charge in [0.1, 0.15) is 17.1 Å². The van der Waals surface area contributed by atoms with Crippen LogP contribution in [0.3, 0.4) is 0 Å². The number of carboxylic acids is 1. The lowest BCUT2D eigenvalue weighted by Gasteiger charge is -2.38. The number of rotatable bonds is 6. The first kappa shape index (κ1) is 18.7. The minimum Gasteiger partial charge on any atom is -0.477 e. The molecule has 3 aromatic heterocycles. The number of aromatic nitrogens is 2. The summed E-state index contributed by atoms with van der Waals surface area (Å²) in [6.07, 6.45) is 0.0158. The smallest absolute Gasteiger partial charge is 0.352 e. The number of amides is 1. The zero-order valence-corrected chi connectivity index (χ0v) is 16.4. The molecular weight excluding hydrogens is 406 g/mol. The number of carboxylic acid groups (broad SMARTS) is 1. The van der Waals surface area contributed by atoms with E-state index >= 15 is 0 Å². The first-order valence-electron chi connectivity index (χ1n) is 8.42. The fourth-order valence-electron chi connectivity index (χ4n) is 3.04. The van der Waals surface area contributed by atoms with Gasteiger partial charge in [-0.25, -0.2) is 4.79 Å². The number of carbonyl (C=O) groups excluding carboxylic acids is 1. The quantitative estimate of drug-likeness (QED) is 0.656. The summed E-state index contributed by atoms with van der Waals surface area (Å²) in [5.41, 5.74) is 0.803. The van der Waals surface area contributed by atoms with E-state index < -0.39 is 5.97 Å². The molecule has 0 bridgehead atoms. The van der Waals surface area contributed by atoms with Crippen molar-refractivity contribution in [3.05, 3.63) is 51.7 Å². The third kappa shape index (κ3) is 3.44. The highest BCUT2D eigenvalue weighted by Gasteiger charge is 2.33. The van der Waals surface area contributed by atoms with Crippen LogP contribution in [0.2, 0.25) is 4.34 Å². The molecule has 0 saturated carbocycles. The minimum absolute atomic E-state index is 0.0101. The number of thiophene rings is 1. The van der Waals surface area contributed by atoms with Crippen molar-refractivity contribution in [3.8, 4) is 10.6 Å². The lowest BCUT2D eigenvalue weighted by molar-refractivity contribution is -0.0196. The molecule has 0 radical (unpaired) electrons. The maximum Gasteiger partial charge on any atom is 0.352 e. The molecular formula is C18H16ClN3O5S. The summed E-state index contributed by atoms with van der Waals surface area (Å²) in [5, 5.41) is 13.5. The average Bonchev–Trinajstić information content (AvgIpc) is 3.33. The van der Waals surface area contributed by atoms with Gasteiger partial charge in [0, 0.05) is 26.3 Å². The van der Waals surface area contributed by atoms with Crippen LogP contribution in [0.5, 0.6) is 0 Å². The molecule has 3 aromatic rings. The van der Waals surface area contributed by atoms with Crippen molar-refractivity contribution < 1.29 is 24.0 Å². The Labute approximate surface area is 168 Å². The molecule has 146 valence electrons. The van der Waals surface area contributed by atoms with Crippen LogP contribution in [0.25, 0.3) is 10.6 Å². The minimum atomic E-state index is -1.12. The second-order valence-electron chi connectivity index (χ2n) is 6.35. The summed E-state index contributed by atoms with van der Waals surface area (Å²) in [6, 6.07) is 8.23. The topological polar surface area (TPSA) is 97.8 Å². The Morgan fingerprint density at radius 1 is 1.32 bits per heavy atom. The highest BCUT2D eigenvalue weighted by Crippen LogP contribution is 2.31. The third-order valence-corrected chi connectivity index (χ3v) is 5.83. The Morgan fingerprint density at radius 3 is 2.71 bits per heavy atom. The Bertz CT molecular complexity index is 1030. The SMILES string of the molecule is COC1CN(C(=O)c2ccc(C(=O)O)n2Cc2cc(-c3ccc(Cl)s3)on2)C1. The zero-order chi connectivity index (χ0) is 19.8. The predicted octanol–water partition coefficient (Wildman–Crippen LogP) is 3.08. The molecule has 1 fully saturated rings. The molecule has 1 aliphatic rings. The number of aromatic carboxylic acids is 1. The molecule has 0 atom stereocenters. The van der Waals surface area contributed by atoms with E-state index in [1.807, 2.05) is 6.07 Å². The van der Waals surface area contributed by atoms with Crippen LogP contribution >= 0.6 is 22.9 Å². The molecule has 0 aromatic carbocycles. The van der Waals surface area contributed by atoms with Crippen LogP contribution in [0.15, 0.2) is 34.9 Å². The van der Waals surface area contributed by atoms with Crippen molar-refractivity contribution in [3.63, 3.8) is 0 Å².